The van der Waals surface area contributed by atoms with E-state index in [1.807, 2.05) is 25.1 Å². The Hall–Kier alpha value is -4.19. The topological polar surface area (TPSA) is 70.7 Å². The first-order valence-electron chi connectivity index (χ1n) is 10.1. The van der Waals surface area contributed by atoms with Crippen molar-refractivity contribution in [3.63, 3.8) is 0 Å². The third kappa shape index (κ3) is 3.17. The van der Waals surface area contributed by atoms with Crippen LogP contribution in [0.3, 0.4) is 0 Å². The van der Waals surface area contributed by atoms with Gasteiger partial charge in [0.1, 0.15) is 11.4 Å². The maximum atomic E-state index is 14.0. The maximum Gasteiger partial charge on any atom is 0.294 e. The number of amides is 1. The first-order valence-corrected chi connectivity index (χ1v) is 10.1. The van der Waals surface area contributed by atoms with E-state index in [1.54, 1.807) is 42.5 Å². The first kappa shape index (κ1) is 19.8. The molecule has 158 valence electrons. The minimum atomic E-state index is -0.940. The lowest BCUT2D eigenvalue weighted by molar-refractivity contribution is -0.117. The molecule has 1 aliphatic heterocycles. The number of fused-ring (bicyclic) bond motifs is 1. The number of halogens is 1. The van der Waals surface area contributed by atoms with E-state index < -0.39 is 29.3 Å². The number of aliphatic hydroxyl groups excluding tert-OH is 1. The Morgan fingerprint density at radius 2 is 1.78 bits per heavy atom. The van der Waals surface area contributed by atoms with E-state index >= 15 is 0 Å². The molecule has 0 bridgehead atoms. The van der Waals surface area contributed by atoms with Crippen molar-refractivity contribution in [2.24, 2.45) is 0 Å². The molecule has 0 saturated carbocycles. The average molecular weight is 427 g/mol. The van der Waals surface area contributed by atoms with Crippen molar-refractivity contribution in [2.45, 2.75) is 13.0 Å². The highest BCUT2D eigenvalue weighted by Gasteiger charge is 2.45. The Kier molecular flexibility index (Phi) is 4.63. The van der Waals surface area contributed by atoms with Crippen LogP contribution in [0.2, 0.25) is 0 Å². The van der Waals surface area contributed by atoms with Crippen molar-refractivity contribution in [2.75, 3.05) is 4.90 Å². The van der Waals surface area contributed by atoms with E-state index in [-0.39, 0.29) is 17.0 Å². The molecule has 5 rings (SSSR count). The predicted octanol–water partition coefficient (Wildman–Crippen LogP) is 5.66. The molecule has 6 heteroatoms. The molecule has 0 fully saturated rings. The summed E-state index contributed by atoms with van der Waals surface area (Å²) in [4.78, 5) is 27.9. The Morgan fingerprint density at radius 1 is 1.00 bits per heavy atom. The largest absolute Gasteiger partial charge is 0.503 e. The number of carbonyl (C=O) groups excluding carboxylic acids is 2. The van der Waals surface area contributed by atoms with E-state index in [1.165, 1.54) is 23.1 Å². The van der Waals surface area contributed by atoms with Gasteiger partial charge in [-0.1, -0.05) is 54.1 Å². The lowest BCUT2D eigenvalue weighted by atomic mass is 9.94. The van der Waals surface area contributed by atoms with Crippen LogP contribution in [0.15, 0.2) is 94.6 Å². The number of rotatable bonds is 4. The number of furan rings is 1. The molecular weight excluding hydrogens is 409 g/mol. The summed E-state index contributed by atoms with van der Waals surface area (Å²) in [6.45, 7) is 1.89. The second-order valence-electron chi connectivity index (χ2n) is 7.71. The smallest absolute Gasteiger partial charge is 0.294 e. The van der Waals surface area contributed by atoms with Crippen LogP contribution in [0, 0.1) is 12.7 Å². The Balaban J connectivity index is 1.68. The number of aryl methyl sites for hydroxylation is 1. The van der Waals surface area contributed by atoms with Crippen LogP contribution < -0.4 is 4.90 Å². The van der Waals surface area contributed by atoms with Crippen LogP contribution >= 0.6 is 0 Å². The number of aliphatic hydroxyl groups is 1. The highest BCUT2D eigenvalue weighted by atomic mass is 19.1. The Morgan fingerprint density at radius 3 is 2.53 bits per heavy atom. The third-order valence-corrected chi connectivity index (χ3v) is 5.55. The van der Waals surface area contributed by atoms with Gasteiger partial charge in [0, 0.05) is 11.1 Å². The molecule has 1 unspecified atom stereocenters. The second kappa shape index (κ2) is 7.50. The van der Waals surface area contributed by atoms with E-state index in [9.17, 15) is 19.1 Å². The summed E-state index contributed by atoms with van der Waals surface area (Å²) in [6.07, 6.45) is 0. The lowest BCUT2D eigenvalue weighted by Gasteiger charge is -2.27. The van der Waals surface area contributed by atoms with Crippen LogP contribution in [0.5, 0.6) is 0 Å². The molecule has 2 heterocycles. The van der Waals surface area contributed by atoms with Crippen LogP contribution in [-0.4, -0.2) is 16.8 Å². The summed E-state index contributed by atoms with van der Waals surface area (Å²) >= 11 is 0. The molecule has 4 aromatic rings. The van der Waals surface area contributed by atoms with E-state index in [2.05, 4.69) is 0 Å². The monoisotopic (exact) mass is 427 g/mol. The third-order valence-electron chi connectivity index (χ3n) is 5.55. The molecule has 1 aliphatic rings. The number of nitrogens with zero attached hydrogens (tertiary/aromatic N) is 1. The van der Waals surface area contributed by atoms with E-state index in [0.717, 1.165) is 10.9 Å². The highest BCUT2D eigenvalue weighted by Crippen LogP contribution is 2.42. The van der Waals surface area contributed by atoms with Gasteiger partial charge < -0.3 is 9.52 Å². The zero-order valence-electron chi connectivity index (χ0n) is 17.1. The first-order chi connectivity index (χ1) is 15.4. The number of carbonyl (C=O) groups is 2. The molecule has 1 N–H and O–H groups in total. The van der Waals surface area contributed by atoms with Crippen molar-refractivity contribution in [1.29, 1.82) is 0 Å². The molecule has 5 nitrogen and oxygen atoms in total. The van der Waals surface area contributed by atoms with Crippen molar-refractivity contribution in [3.05, 3.63) is 113 Å². The number of hydrogen-bond donors (Lipinski definition) is 1. The summed E-state index contributed by atoms with van der Waals surface area (Å²) < 4.78 is 19.7. The highest BCUT2D eigenvalue weighted by molar-refractivity contribution is 6.20. The van der Waals surface area contributed by atoms with E-state index in [0.29, 0.717) is 11.1 Å². The Labute approximate surface area is 183 Å². The van der Waals surface area contributed by atoms with Crippen molar-refractivity contribution in [3.8, 4) is 0 Å². The molecule has 1 amide bonds. The number of benzene rings is 3. The van der Waals surface area contributed by atoms with Gasteiger partial charge in [0.05, 0.1) is 11.6 Å². The predicted molar refractivity (Wildman–Crippen MR) is 118 cm³/mol. The number of Topliss-reactive ketones (excluding diaryl/α,β-unsaturated/α-hetero) is 1. The van der Waals surface area contributed by atoms with Crippen LogP contribution in [0.1, 0.15) is 27.7 Å². The van der Waals surface area contributed by atoms with Crippen molar-refractivity contribution in [1.82, 2.24) is 0 Å². The number of ketones is 1. The van der Waals surface area contributed by atoms with Gasteiger partial charge >= 0.3 is 0 Å². The molecule has 1 aromatic heterocycles. The molecule has 0 radical (unpaired) electrons. The molecule has 0 saturated heterocycles. The van der Waals surface area contributed by atoms with Crippen LogP contribution in [0.4, 0.5) is 10.1 Å². The summed E-state index contributed by atoms with van der Waals surface area (Å²) in [5, 5.41) is 11.5. The molecule has 0 aliphatic carbocycles. The Bertz CT molecular complexity index is 1390. The van der Waals surface area contributed by atoms with Gasteiger partial charge in [0.2, 0.25) is 5.78 Å². The molecule has 0 spiro atoms. The van der Waals surface area contributed by atoms with Gasteiger partial charge in [-0.15, -0.1) is 0 Å². The average Bonchev–Trinajstić information content (AvgIpc) is 3.33. The zero-order valence-corrected chi connectivity index (χ0v) is 17.1. The fourth-order valence-electron chi connectivity index (χ4n) is 4.11. The fourth-order valence-corrected chi connectivity index (χ4v) is 4.11. The molecule has 32 heavy (non-hydrogen) atoms. The minimum absolute atomic E-state index is 0.0132. The minimum Gasteiger partial charge on any atom is -0.503 e. The molecule has 3 aromatic carbocycles. The summed E-state index contributed by atoms with van der Waals surface area (Å²) in [5.74, 6) is -2.57. The summed E-state index contributed by atoms with van der Waals surface area (Å²) in [5.41, 5.74) is 2.18. The second-order valence-corrected chi connectivity index (χ2v) is 7.71. The molecular formula is C26H18FNO4. The van der Waals surface area contributed by atoms with Gasteiger partial charge in [-0.25, -0.2) is 4.39 Å². The summed E-state index contributed by atoms with van der Waals surface area (Å²) in [7, 11) is 0. The van der Waals surface area contributed by atoms with Crippen molar-refractivity contribution < 1.29 is 23.5 Å². The van der Waals surface area contributed by atoms with Crippen molar-refractivity contribution >= 4 is 28.3 Å². The number of hydrogen-bond acceptors (Lipinski definition) is 4. The number of anilines is 1. The van der Waals surface area contributed by atoms with Gasteiger partial charge in [-0.05, 0) is 42.8 Å². The fraction of sp³-hybridized carbons (Fsp3) is 0.0769. The SMILES string of the molecule is Cc1cccc(C2C(C(=O)c3cc4ccccc4o3)=C(O)C(=O)N2c2cccc(F)c2)c1. The maximum absolute atomic E-state index is 14.0. The van der Waals surface area contributed by atoms with Crippen LogP contribution in [-0.2, 0) is 4.79 Å². The quantitative estimate of drug-likeness (QED) is 0.427. The van der Waals surface area contributed by atoms with Gasteiger partial charge in [0.15, 0.2) is 11.5 Å². The van der Waals surface area contributed by atoms with Gasteiger partial charge in [-0.2, -0.15) is 0 Å². The summed E-state index contributed by atoms with van der Waals surface area (Å²) in [6, 6.07) is 20.6. The van der Waals surface area contributed by atoms with Gasteiger partial charge in [-0.3, -0.25) is 14.5 Å². The number of para-hydroxylation sites is 1. The lowest BCUT2D eigenvalue weighted by Crippen LogP contribution is -2.31. The van der Waals surface area contributed by atoms with Gasteiger partial charge in [0.25, 0.3) is 5.91 Å². The normalized spacial score (nSPS) is 16.2. The van der Waals surface area contributed by atoms with E-state index in [4.69, 9.17) is 4.42 Å². The zero-order chi connectivity index (χ0) is 22.4. The standard InChI is InChI=1S/C26H18FNO4/c1-15-6-4-8-17(12-15)23-22(24(29)21-13-16-7-2-3-11-20(16)32-21)25(30)26(31)28(23)19-10-5-9-18(27)14-19/h2-14,23,30H,1H3. The molecule has 1 atom stereocenters. The van der Waals surface area contributed by atoms with Crippen LogP contribution in [0.25, 0.3) is 11.0 Å².